The lowest BCUT2D eigenvalue weighted by Gasteiger charge is -2.10. The maximum Gasteiger partial charge on any atom is 0.510 e. The van der Waals surface area contributed by atoms with Gasteiger partial charge in [0, 0.05) is 7.11 Å². The van der Waals surface area contributed by atoms with E-state index in [9.17, 15) is 4.79 Å². The zero-order valence-electron chi connectivity index (χ0n) is 5.80. The maximum absolute atomic E-state index is 10.4. The highest BCUT2D eigenvalue weighted by atomic mass is 35.5. The van der Waals surface area contributed by atoms with E-state index in [4.69, 9.17) is 11.6 Å². The summed E-state index contributed by atoms with van der Waals surface area (Å²) in [6, 6.07) is 0. The molecule has 10 heavy (non-hydrogen) atoms. The first kappa shape index (κ1) is 9.52. The van der Waals surface area contributed by atoms with E-state index in [2.05, 4.69) is 14.2 Å². The van der Waals surface area contributed by atoms with Crippen LogP contribution < -0.4 is 0 Å². The van der Waals surface area contributed by atoms with E-state index < -0.39 is 12.4 Å². The highest BCUT2D eigenvalue weighted by Gasteiger charge is 2.10. The molecule has 0 heterocycles. The van der Waals surface area contributed by atoms with Gasteiger partial charge >= 0.3 is 6.16 Å². The average Bonchev–Trinajstić information content (AvgIpc) is 1.99. The Morgan fingerprint density at radius 2 is 2.20 bits per heavy atom. The molecule has 0 spiro atoms. The van der Waals surface area contributed by atoms with E-state index in [1.807, 2.05) is 0 Å². The number of hydrogen-bond donors (Lipinski definition) is 0. The first-order valence-corrected chi connectivity index (χ1v) is 3.11. The molecule has 5 heteroatoms. The molecule has 0 saturated carbocycles. The lowest BCUT2D eigenvalue weighted by molar-refractivity contribution is -0.0853. The molecule has 4 nitrogen and oxygen atoms in total. The third-order valence-corrected chi connectivity index (χ3v) is 1.04. The summed E-state index contributed by atoms with van der Waals surface area (Å²) in [6.07, 6.45) is -1.53. The Balaban J connectivity index is 3.52. The molecule has 1 atom stereocenters. The van der Waals surface area contributed by atoms with Gasteiger partial charge in [0.25, 0.3) is 0 Å². The van der Waals surface area contributed by atoms with Gasteiger partial charge in [-0.3, -0.25) is 0 Å². The molecule has 0 aromatic heterocycles. The monoisotopic (exact) mass is 168 g/mol. The second-order valence-corrected chi connectivity index (χ2v) is 1.70. The Hall–Kier alpha value is -0.480. The summed E-state index contributed by atoms with van der Waals surface area (Å²) in [5.41, 5.74) is 0. The van der Waals surface area contributed by atoms with E-state index in [0.29, 0.717) is 0 Å². The summed E-state index contributed by atoms with van der Waals surface area (Å²) in [4.78, 5) is 10.4. The van der Waals surface area contributed by atoms with Crippen LogP contribution in [0.5, 0.6) is 0 Å². The fraction of sp³-hybridized carbons (Fsp3) is 0.800. The van der Waals surface area contributed by atoms with Crippen LogP contribution in [0.4, 0.5) is 4.79 Å². The molecule has 0 rings (SSSR count). The number of ether oxygens (including phenoxy) is 3. The summed E-state index contributed by atoms with van der Waals surface area (Å²) in [5, 5.41) is 0. The van der Waals surface area contributed by atoms with Gasteiger partial charge in [0.2, 0.25) is 6.29 Å². The third-order valence-electron chi connectivity index (χ3n) is 0.783. The topological polar surface area (TPSA) is 44.8 Å². The van der Waals surface area contributed by atoms with Crippen molar-refractivity contribution in [2.24, 2.45) is 0 Å². The number of carbonyl (C=O) groups excluding carboxylic acids is 1. The molecular weight excluding hydrogens is 160 g/mol. The second kappa shape index (κ2) is 5.32. The summed E-state index contributed by atoms with van der Waals surface area (Å²) in [5.74, 6) is 0.0889. The third kappa shape index (κ3) is 3.53. The summed E-state index contributed by atoms with van der Waals surface area (Å²) in [7, 11) is 2.60. The van der Waals surface area contributed by atoms with Crippen molar-refractivity contribution in [2.45, 2.75) is 6.29 Å². The molecule has 0 radical (unpaired) electrons. The molecular formula is C5H9ClO4. The van der Waals surface area contributed by atoms with Gasteiger partial charge in [0.05, 0.1) is 13.0 Å². The van der Waals surface area contributed by atoms with Gasteiger partial charge in [0.15, 0.2) is 0 Å². The first-order valence-electron chi connectivity index (χ1n) is 2.58. The summed E-state index contributed by atoms with van der Waals surface area (Å²) in [6.45, 7) is 0. The van der Waals surface area contributed by atoms with Crippen LogP contribution in [0.3, 0.4) is 0 Å². The molecule has 0 fully saturated rings. The number of rotatable bonds is 3. The lowest BCUT2D eigenvalue weighted by Crippen LogP contribution is -2.21. The minimum absolute atomic E-state index is 0.0889. The van der Waals surface area contributed by atoms with E-state index in [-0.39, 0.29) is 5.88 Å². The van der Waals surface area contributed by atoms with Gasteiger partial charge < -0.3 is 14.2 Å². The average molecular weight is 169 g/mol. The Morgan fingerprint density at radius 3 is 2.50 bits per heavy atom. The Bertz CT molecular complexity index is 102. The zero-order chi connectivity index (χ0) is 7.98. The molecule has 0 N–H and O–H groups in total. The molecule has 0 aliphatic heterocycles. The van der Waals surface area contributed by atoms with Crippen LogP contribution in [-0.4, -0.2) is 32.5 Å². The van der Waals surface area contributed by atoms with Gasteiger partial charge in [-0.1, -0.05) is 0 Å². The highest BCUT2D eigenvalue weighted by Crippen LogP contribution is 1.97. The van der Waals surface area contributed by atoms with Gasteiger partial charge in [0.1, 0.15) is 0 Å². The van der Waals surface area contributed by atoms with Gasteiger partial charge in [-0.2, -0.15) is 0 Å². The standard InChI is InChI=1S/C5H9ClO4/c1-8-4(3-6)10-5(7)9-2/h4H,3H2,1-2H3. The predicted octanol–water partition coefficient (Wildman–Crippen LogP) is 0.981. The van der Waals surface area contributed by atoms with Crippen LogP contribution in [0.25, 0.3) is 0 Å². The molecule has 1 unspecified atom stereocenters. The highest BCUT2D eigenvalue weighted by molar-refractivity contribution is 6.18. The zero-order valence-corrected chi connectivity index (χ0v) is 6.55. The molecule has 60 valence electrons. The molecule has 0 amide bonds. The fourth-order valence-corrected chi connectivity index (χ4v) is 0.487. The van der Waals surface area contributed by atoms with E-state index in [1.165, 1.54) is 14.2 Å². The quantitative estimate of drug-likeness (QED) is 0.358. The van der Waals surface area contributed by atoms with Crippen molar-refractivity contribution < 1.29 is 19.0 Å². The van der Waals surface area contributed by atoms with Gasteiger partial charge in [-0.25, -0.2) is 4.79 Å². The molecule has 0 aromatic carbocycles. The van der Waals surface area contributed by atoms with Crippen LogP contribution >= 0.6 is 11.6 Å². The minimum atomic E-state index is -0.799. The van der Waals surface area contributed by atoms with Crippen LogP contribution in [0.2, 0.25) is 0 Å². The fourth-order valence-electron chi connectivity index (χ4n) is 0.298. The predicted molar refractivity (Wildman–Crippen MR) is 35.0 cm³/mol. The van der Waals surface area contributed by atoms with Crippen LogP contribution in [0.1, 0.15) is 0 Å². The van der Waals surface area contributed by atoms with E-state index in [0.717, 1.165) is 0 Å². The molecule has 0 saturated heterocycles. The van der Waals surface area contributed by atoms with Crippen molar-refractivity contribution in [3.05, 3.63) is 0 Å². The maximum atomic E-state index is 10.4. The number of halogens is 1. The van der Waals surface area contributed by atoms with Gasteiger partial charge in [-0.15, -0.1) is 11.6 Å². The van der Waals surface area contributed by atoms with Crippen molar-refractivity contribution >= 4 is 17.8 Å². The Kier molecular flexibility index (Phi) is 5.06. The van der Waals surface area contributed by atoms with Crippen molar-refractivity contribution in [3.8, 4) is 0 Å². The largest absolute Gasteiger partial charge is 0.510 e. The molecule has 0 aromatic rings. The van der Waals surface area contributed by atoms with Crippen molar-refractivity contribution in [1.29, 1.82) is 0 Å². The molecule has 0 bridgehead atoms. The number of carbonyl (C=O) groups is 1. The second-order valence-electron chi connectivity index (χ2n) is 1.39. The lowest BCUT2D eigenvalue weighted by atomic mass is 10.7. The molecule has 0 aliphatic rings. The SMILES string of the molecule is COC(=O)OC(CCl)OC. The van der Waals surface area contributed by atoms with Crippen LogP contribution in [0.15, 0.2) is 0 Å². The van der Waals surface area contributed by atoms with Crippen molar-refractivity contribution in [2.75, 3.05) is 20.1 Å². The number of hydrogen-bond acceptors (Lipinski definition) is 4. The smallest absolute Gasteiger partial charge is 0.438 e. The van der Waals surface area contributed by atoms with Crippen LogP contribution in [-0.2, 0) is 14.2 Å². The number of methoxy groups -OCH3 is 2. The van der Waals surface area contributed by atoms with E-state index >= 15 is 0 Å². The first-order chi connectivity index (χ1) is 4.74. The van der Waals surface area contributed by atoms with Crippen molar-refractivity contribution in [3.63, 3.8) is 0 Å². The Labute approximate surface area is 64.0 Å². The summed E-state index contributed by atoms with van der Waals surface area (Å²) >= 11 is 5.31. The normalized spacial score (nSPS) is 12.3. The Morgan fingerprint density at radius 1 is 1.60 bits per heavy atom. The van der Waals surface area contributed by atoms with E-state index in [1.54, 1.807) is 0 Å². The molecule has 0 aliphatic carbocycles. The summed E-state index contributed by atoms with van der Waals surface area (Å²) < 4.78 is 13.3. The minimum Gasteiger partial charge on any atom is -0.438 e. The van der Waals surface area contributed by atoms with Gasteiger partial charge in [-0.05, 0) is 0 Å². The van der Waals surface area contributed by atoms with Crippen LogP contribution in [0, 0.1) is 0 Å². The van der Waals surface area contributed by atoms with Crippen molar-refractivity contribution in [1.82, 2.24) is 0 Å². The number of alkyl halides is 1.